The molecule has 19 heavy (non-hydrogen) atoms. The summed E-state index contributed by atoms with van der Waals surface area (Å²) >= 11 is 5.74. The topological polar surface area (TPSA) is 78.4 Å². The summed E-state index contributed by atoms with van der Waals surface area (Å²) in [5.41, 5.74) is 0.209. The molecule has 1 aromatic rings. The SMILES string of the molecule is CCC[C@H](NC(=O)Nc1ccc(F)cc1Cl)C(=O)O. The molecule has 0 aliphatic heterocycles. The number of anilines is 1. The number of halogens is 2. The summed E-state index contributed by atoms with van der Waals surface area (Å²) in [5, 5.41) is 13.6. The lowest BCUT2D eigenvalue weighted by Crippen LogP contribution is -2.42. The second-order valence-corrected chi connectivity index (χ2v) is 4.31. The fourth-order valence-electron chi connectivity index (χ4n) is 1.45. The second kappa shape index (κ2) is 6.94. The molecule has 0 saturated heterocycles. The molecule has 104 valence electrons. The Morgan fingerprint density at radius 1 is 1.47 bits per heavy atom. The molecule has 0 heterocycles. The third-order valence-electron chi connectivity index (χ3n) is 2.36. The highest BCUT2D eigenvalue weighted by Crippen LogP contribution is 2.22. The summed E-state index contributed by atoms with van der Waals surface area (Å²) in [5.74, 6) is -1.63. The third kappa shape index (κ3) is 4.75. The van der Waals surface area contributed by atoms with Gasteiger partial charge in [0.25, 0.3) is 0 Å². The van der Waals surface area contributed by atoms with Crippen molar-refractivity contribution >= 4 is 29.3 Å². The average Bonchev–Trinajstić information content (AvgIpc) is 2.32. The van der Waals surface area contributed by atoms with Crippen molar-refractivity contribution in [3.8, 4) is 0 Å². The summed E-state index contributed by atoms with van der Waals surface area (Å²) in [6.07, 6.45) is 0.939. The van der Waals surface area contributed by atoms with Crippen LogP contribution in [0.25, 0.3) is 0 Å². The lowest BCUT2D eigenvalue weighted by Gasteiger charge is -2.14. The van der Waals surface area contributed by atoms with Gasteiger partial charge in [0.1, 0.15) is 11.9 Å². The summed E-state index contributed by atoms with van der Waals surface area (Å²) in [7, 11) is 0. The number of amides is 2. The smallest absolute Gasteiger partial charge is 0.326 e. The van der Waals surface area contributed by atoms with Crippen LogP contribution in [0.1, 0.15) is 19.8 Å². The molecule has 0 spiro atoms. The molecule has 3 N–H and O–H groups in total. The molecule has 0 fully saturated rings. The van der Waals surface area contributed by atoms with Gasteiger partial charge in [0.2, 0.25) is 0 Å². The number of carbonyl (C=O) groups excluding carboxylic acids is 1. The maximum absolute atomic E-state index is 12.8. The maximum atomic E-state index is 12.8. The highest BCUT2D eigenvalue weighted by molar-refractivity contribution is 6.33. The number of carboxylic acid groups (broad SMARTS) is 1. The molecule has 0 radical (unpaired) electrons. The molecule has 1 aromatic carbocycles. The van der Waals surface area contributed by atoms with E-state index in [1.54, 1.807) is 0 Å². The van der Waals surface area contributed by atoms with Crippen molar-refractivity contribution in [2.75, 3.05) is 5.32 Å². The van der Waals surface area contributed by atoms with Gasteiger partial charge in [0.15, 0.2) is 0 Å². The van der Waals surface area contributed by atoms with Gasteiger partial charge in [-0.2, -0.15) is 0 Å². The highest BCUT2D eigenvalue weighted by atomic mass is 35.5. The molecule has 1 atom stereocenters. The first-order valence-corrected chi connectivity index (χ1v) is 6.07. The fraction of sp³-hybridized carbons (Fsp3) is 0.333. The van der Waals surface area contributed by atoms with Crippen molar-refractivity contribution in [1.29, 1.82) is 0 Å². The Kier molecular flexibility index (Phi) is 5.57. The van der Waals surface area contributed by atoms with Crippen LogP contribution in [0.5, 0.6) is 0 Å². The number of nitrogens with one attached hydrogen (secondary N) is 2. The molecule has 7 heteroatoms. The van der Waals surface area contributed by atoms with Gasteiger partial charge in [0.05, 0.1) is 10.7 Å². The van der Waals surface area contributed by atoms with Gasteiger partial charge in [-0.3, -0.25) is 0 Å². The molecule has 0 unspecified atom stereocenters. The molecule has 0 saturated carbocycles. The van der Waals surface area contributed by atoms with Gasteiger partial charge >= 0.3 is 12.0 Å². The normalized spacial score (nSPS) is 11.7. The molecular formula is C12H14ClFN2O3. The van der Waals surface area contributed by atoms with Crippen molar-refractivity contribution in [3.05, 3.63) is 29.0 Å². The Morgan fingerprint density at radius 3 is 2.68 bits per heavy atom. The predicted octanol–water partition coefficient (Wildman–Crippen LogP) is 2.85. The molecular weight excluding hydrogens is 275 g/mol. The van der Waals surface area contributed by atoms with E-state index in [-0.39, 0.29) is 10.7 Å². The van der Waals surface area contributed by atoms with Crippen LogP contribution in [-0.2, 0) is 4.79 Å². The van der Waals surface area contributed by atoms with Gasteiger partial charge in [-0.25, -0.2) is 14.0 Å². The lowest BCUT2D eigenvalue weighted by molar-refractivity contribution is -0.139. The van der Waals surface area contributed by atoms with Crippen LogP contribution >= 0.6 is 11.6 Å². The summed E-state index contributed by atoms with van der Waals surface area (Å²) in [6.45, 7) is 1.81. The van der Waals surface area contributed by atoms with Gasteiger partial charge in [-0.15, -0.1) is 0 Å². The van der Waals surface area contributed by atoms with E-state index >= 15 is 0 Å². The molecule has 5 nitrogen and oxygen atoms in total. The van der Waals surface area contributed by atoms with Crippen LogP contribution in [0.15, 0.2) is 18.2 Å². The largest absolute Gasteiger partial charge is 0.480 e. The van der Waals surface area contributed by atoms with Crippen molar-refractivity contribution in [2.24, 2.45) is 0 Å². The monoisotopic (exact) mass is 288 g/mol. The molecule has 2 amide bonds. The van der Waals surface area contributed by atoms with Crippen molar-refractivity contribution in [1.82, 2.24) is 5.32 Å². The molecule has 0 aromatic heterocycles. The molecule has 0 aliphatic rings. The minimum Gasteiger partial charge on any atom is -0.480 e. The Bertz CT molecular complexity index is 482. The number of rotatable bonds is 5. The molecule has 0 aliphatic carbocycles. The van der Waals surface area contributed by atoms with Gasteiger partial charge in [-0.05, 0) is 24.6 Å². The molecule has 0 bridgehead atoms. The molecule has 1 rings (SSSR count). The number of carbonyl (C=O) groups is 2. The Labute approximate surface area is 114 Å². The van der Waals surface area contributed by atoms with E-state index < -0.39 is 23.9 Å². The zero-order valence-corrected chi connectivity index (χ0v) is 11.0. The Hall–Kier alpha value is -1.82. The maximum Gasteiger partial charge on any atom is 0.326 e. The van der Waals surface area contributed by atoms with Gasteiger partial charge in [-0.1, -0.05) is 24.9 Å². The van der Waals surface area contributed by atoms with E-state index in [0.717, 1.165) is 12.1 Å². The first kappa shape index (κ1) is 15.2. The second-order valence-electron chi connectivity index (χ2n) is 3.90. The van der Waals surface area contributed by atoms with E-state index in [9.17, 15) is 14.0 Å². The zero-order chi connectivity index (χ0) is 14.4. The lowest BCUT2D eigenvalue weighted by atomic mass is 10.2. The van der Waals surface area contributed by atoms with Crippen LogP contribution in [0, 0.1) is 5.82 Å². The first-order chi connectivity index (χ1) is 8.93. The van der Waals surface area contributed by atoms with E-state index in [4.69, 9.17) is 16.7 Å². The van der Waals surface area contributed by atoms with Crippen LogP contribution in [0.3, 0.4) is 0 Å². The quantitative estimate of drug-likeness (QED) is 0.779. The van der Waals surface area contributed by atoms with E-state index in [0.29, 0.717) is 12.8 Å². The van der Waals surface area contributed by atoms with E-state index in [1.807, 2.05) is 6.92 Å². The van der Waals surface area contributed by atoms with Crippen LogP contribution in [0.2, 0.25) is 5.02 Å². The number of carboxylic acids is 1. The summed E-state index contributed by atoms with van der Waals surface area (Å²) < 4.78 is 12.8. The van der Waals surface area contributed by atoms with Crippen LogP contribution < -0.4 is 10.6 Å². The Morgan fingerprint density at radius 2 is 2.16 bits per heavy atom. The Balaban J connectivity index is 2.66. The van der Waals surface area contributed by atoms with Gasteiger partial charge in [0, 0.05) is 0 Å². The minimum atomic E-state index is -1.11. The summed E-state index contributed by atoms with van der Waals surface area (Å²) in [6, 6.07) is 1.83. The standard InChI is InChI=1S/C12H14ClFN2O3/c1-2-3-10(11(17)18)16-12(19)15-9-5-4-7(14)6-8(9)13/h4-6,10H,2-3H2,1H3,(H,17,18)(H2,15,16,19)/t10-/m0/s1. The average molecular weight is 289 g/mol. The van der Waals surface area contributed by atoms with Crippen molar-refractivity contribution in [2.45, 2.75) is 25.8 Å². The first-order valence-electron chi connectivity index (χ1n) is 5.69. The number of aliphatic carboxylic acids is 1. The minimum absolute atomic E-state index is 0.0394. The van der Waals surface area contributed by atoms with Crippen LogP contribution in [0.4, 0.5) is 14.9 Å². The van der Waals surface area contributed by atoms with Crippen molar-refractivity contribution in [3.63, 3.8) is 0 Å². The number of hydrogen-bond acceptors (Lipinski definition) is 2. The van der Waals surface area contributed by atoms with Gasteiger partial charge < -0.3 is 15.7 Å². The highest BCUT2D eigenvalue weighted by Gasteiger charge is 2.19. The van der Waals surface area contributed by atoms with Crippen molar-refractivity contribution < 1.29 is 19.1 Å². The van der Waals surface area contributed by atoms with E-state index in [1.165, 1.54) is 6.07 Å². The number of hydrogen-bond donors (Lipinski definition) is 3. The zero-order valence-electron chi connectivity index (χ0n) is 10.2. The summed E-state index contributed by atoms with van der Waals surface area (Å²) in [4.78, 5) is 22.5. The predicted molar refractivity (Wildman–Crippen MR) is 69.9 cm³/mol. The fourth-order valence-corrected chi connectivity index (χ4v) is 1.67. The van der Waals surface area contributed by atoms with E-state index in [2.05, 4.69) is 10.6 Å². The third-order valence-corrected chi connectivity index (χ3v) is 2.67. The van der Waals surface area contributed by atoms with Crippen LogP contribution in [-0.4, -0.2) is 23.1 Å². The number of urea groups is 1. The number of benzene rings is 1.